The van der Waals surface area contributed by atoms with Gasteiger partial charge in [-0.15, -0.1) is 0 Å². The van der Waals surface area contributed by atoms with E-state index in [4.69, 9.17) is 0 Å². The number of anilines is 1. The molecule has 0 bridgehead atoms. The van der Waals surface area contributed by atoms with Gasteiger partial charge in [-0.05, 0) is 32.4 Å². The third kappa shape index (κ3) is 5.26. The molecule has 0 N–H and O–H groups in total. The lowest BCUT2D eigenvalue weighted by atomic mass is 10.1. The lowest BCUT2D eigenvalue weighted by Crippen LogP contribution is -2.53. The first-order valence-electron chi connectivity index (χ1n) is 9.23. The molecule has 1 fully saturated rings. The summed E-state index contributed by atoms with van der Waals surface area (Å²) in [4.78, 5) is 16.9. The van der Waals surface area contributed by atoms with E-state index in [0.29, 0.717) is 11.9 Å². The summed E-state index contributed by atoms with van der Waals surface area (Å²) in [7, 11) is 0. The number of hydrogen-bond acceptors (Lipinski definition) is 2. The minimum atomic E-state index is 0.344. The molecule has 1 unspecified atom stereocenters. The Morgan fingerprint density at radius 1 is 1.09 bits per heavy atom. The van der Waals surface area contributed by atoms with Crippen molar-refractivity contribution in [1.29, 1.82) is 0 Å². The van der Waals surface area contributed by atoms with Crippen LogP contribution in [-0.2, 0) is 4.79 Å². The number of benzene rings is 1. The van der Waals surface area contributed by atoms with E-state index < -0.39 is 0 Å². The van der Waals surface area contributed by atoms with Gasteiger partial charge in [0.05, 0.1) is 0 Å². The molecule has 1 heterocycles. The molecule has 1 saturated heterocycles. The largest absolute Gasteiger partial charge is 0.365 e. The summed E-state index contributed by atoms with van der Waals surface area (Å²) in [5.41, 5.74) is 2.56. The second kappa shape index (κ2) is 8.95. The standard InChI is InChI=1S/C20H32N2O/c1-4-5-6-7-8-9-20(23)21-14-15-22(18(3)16-21)19-12-10-17(2)11-13-19/h10-13,18H,4-9,14-16H2,1-3H3. The van der Waals surface area contributed by atoms with Crippen LogP contribution in [0.25, 0.3) is 0 Å². The Hall–Kier alpha value is -1.51. The number of carbonyl (C=O) groups excluding carboxylic acids is 1. The maximum absolute atomic E-state index is 12.4. The van der Waals surface area contributed by atoms with Crippen LogP contribution in [0.4, 0.5) is 5.69 Å². The predicted octanol–water partition coefficient (Wildman–Crippen LogP) is 4.39. The van der Waals surface area contributed by atoms with Gasteiger partial charge in [0.15, 0.2) is 0 Å². The molecule has 1 amide bonds. The first-order valence-corrected chi connectivity index (χ1v) is 9.23. The topological polar surface area (TPSA) is 23.6 Å². The van der Waals surface area contributed by atoms with Crippen LogP contribution in [0.3, 0.4) is 0 Å². The van der Waals surface area contributed by atoms with Crippen LogP contribution < -0.4 is 4.90 Å². The van der Waals surface area contributed by atoms with Crippen LogP contribution in [0.15, 0.2) is 24.3 Å². The molecule has 23 heavy (non-hydrogen) atoms. The Labute approximate surface area is 141 Å². The highest BCUT2D eigenvalue weighted by Crippen LogP contribution is 2.21. The van der Waals surface area contributed by atoms with Gasteiger partial charge in [0.1, 0.15) is 0 Å². The fourth-order valence-corrected chi connectivity index (χ4v) is 3.34. The van der Waals surface area contributed by atoms with Crippen LogP contribution in [0.2, 0.25) is 0 Å². The fraction of sp³-hybridized carbons (Fsp3) is 0.650. The maximum atomic E-state index is 12.4. The second-order valence-corrected chi connectivity index (χ2v) is 6.88. The van der Waals surface area contributed by atoms with Crippen LogP contribution in [0, 0.1) is 6.92 Å². The summed E-state index contributed by atoms with van der Waals surface area (Å²) < 4.78 is 0. The average molecular weight is 316 g/mol. The SMILES string of the molecule is CCCCCCCC(=O)N1CCN(c2ccc(C)cc2)C(C)C1. The van der Waals surface area contributed by atoms with Crippen molar-refractivity contribution >= 4 is 11.6 Å². The van der Waals surface area contributed by atoms with Crippen molar-refractivity contribution in [2.24, 2.45) is 0 Å². The van der Waals surface area contributed by atoms with Crippen molar-refractivity contribution in [3.05, 3.63) is 29.8 Å². The maximum Gasteiger partial charge on any atom is 0.222 e. The van der Waals surface area contributed by atoms with E-state index in [9.17, 15) is 4.79 Å². The number of rotatable bonds is 7. The summed E-state index contributed by atoms with van der Waals surface area (Å²) in [5.74, 6) is 0.344. The van der Waals surface area contributed by atoms with Gasteiger partial charge in [-0.1, -0.05) is 50.3 Å². The average Bonchev–Trinajstić information content (AvgIpc) is 2.55. The number of nitrogens with zero attached hydrogens (tertiary/aromatic N) is 2. The van der Waals surface area contributed by atoms with Crippen LogP contribution in [-0.4, -0.2) is 36.5 Å². The first-order chi connectivity index (χ1) is 11.1. The van der Waals surface area contributed by atoms with Crippen LogP contribution in [0.5, 0.6) is 0 Å². The fourth-order valence-electron chi connectivity index (χ4n) is 3.34. The quantitative estimate of drug-likeness (QED) is 0.696. The first kappa shape index (κ1) is 17.8. The van der Waals surface area contributed by atoms with Crippen molar-refractivity contribution < 1.29 is 4.79 Å². The van der Waals surface area contributed by atoms with Gasteiger partial charge in [-0.25, -0.2) is 0 Å². The minimum absolute atomic E-state index is 0.344. The number of amides is 1. The lowest BCUT2D eigenvalue weighted by molar-refractivity contribution is -0.132. The van der Waals surface area contributed by atoms with Gasteiger partial charge in [0.2, 0.25) is 5.91 Å². The molecule has 3 heteroatoms. The molecule has 1 atom stereocenters. The van der Waals surface area contributed by atoms with Crippen LogP contribution >= 0.6 is 0 Å². The molecule has 1 aromatic carbocycles. The zero-order valence-electron chi connectivity index (χ0n) is 15.1. The van der Waals surface area contributed by atoms with Crippen molar-refractivity contribution in [2.75, 3.05) is 24.5 Å². The molecular weight excluding hydrogens is 284 g/mol. The van der Waals surface area contributed by atoms with E-state index in [0.717, 1.165) is 32.5 Å². The summed E-state index contributed by atoms with van der Waals surface area (Å²) >= 11 is 0. The van der Waals surface area contributed by atoms with E-state index in [1.807, 2.05) is 0 Å². The Morgan fingerprint density at radius 3 is 2.43 bits per heavy atom. The van der Waals surface area contributed by atoms with E-state index in [2.05, 4.69) is 54.8 Å². The molecule has 0 aromatic heterocycles. The van der Waals surface area contributed by atoms with Gasteiger partial charge in [-0.2, -0.15) is 0 Å². The lowest BCUT2D eigenvalue weighted by Gasteiger charge is -2.41. The Bertz CT molecular complexity index is 483. The predicted molar refractivity (Wildman–Crippen MR) is 97.9 cm³/mol. The molecule has 1 aliphatic rings. The van der Waals surface area contributed by atoms with E-state index in [1.54, 1.807) is 0 Å². The zero-order valence-corrected chi connectivity index (χ0v) is 15.1. The molecule has 2 rings (SSSR count). The number of aryl methyl sites for hydroxylation is 1. The molecule has 1 aromatic rings. The van der Waals surface area contributed by atoms with Crippen molar-refractivity contribution in [2.45, 2.75) is 65.3 Å². The summed E-state index contributed by atoms with van der Waals surface area (Å²) in [6.07, 6.45) is 6.78. The van der Waals surface area contributed by atoms with E-state index in [1.165, 1.54) is 36.9 Å². The second-order valence-electron chi connectivity index (χ2n) is 6.88. The Balaban J connectivity index is 1.78. The monoisotopic (exact) mass is 316 g/mol. The van der Waals surface area contributed by atoms with Crippen molar-refractivity contribution in [3.63, 3.8) is 0 Å². The normalized spacial score (nSPS) is 18.3. The number of piperazine rings is 1. The van der Waals surface area contributed by atoms with Gasteiger partial charge in [0, 0.05) is 37.8 Å². The Kier molecular flexibility index (Phi) is 6.94. The number of hydrogen-bond donors (Lipinski definition) is 0. The molecular formula is C20H32N2O. The molecule has 3 nitrogen and oxygen atoms in total. The molecule has 128 valence electrons. The zero-order chi connectivity index (χ0) is 16.7. The molecule has 0 aliphatic carbocycles. The summed E-state index contributed by atoms with van der Waals surface area (Å²) in [6.45, 7) is 9.20. The highest BCUT2D eigenvalue weighted by Gasteiger charge is 2.26. The van der Waals surface area contributed by atoms with Crippen molar-refractivity contribution in [1.82, 2.24) is 4.90 Å². The molecule has 1 aliphatic heterocycles. The third-order valence-corrected chi connectivity index (χ3v) is 4.84. The molecule has 0 radical (unpaired) electrons. The highest BCUT2D eigenvalue weighted by molar-refractivity contribution is 5.76. The van der Waals surface area contributed by atoms with Gasteiger partial charge in [-0.3, -0.25) is 4.79 Å². The molecule has 0 saturated carbocycles. The van der Waals surface area contributed by atoms with Crippen LogP contribution in [0.1, 0.15) is 57.9 Å². The third-order valence-electron chi connectivity index (χ3n) is 4.84. The van der Waals surface area contributed by atoms with Crippen molar-refractivity contribution in [3.8, 4) is 0 Å². The minimum Gasteiger partial charge on any atom is -0.365 e. The van der Waals surface area contributed by atoms with E-state index >= 15 is 0 Å². The van der Waals surface area contributed by atoms with Gasteiger partial charge < -0.3 is 9.80 Å². The van der Waals surface area contributed by atoms with Gasteiger partial charge >= 0.3 is 0 Å². The smallest absolute Gasteiger partial charge is 0.222 e. The Morgan fingerprint density at radius 2 is 1.78 bits per heavy atom. The van der Waals surface area contributed by atoms with E-state index in [-0.39, 0.29) is 0 Å². The number of unbranched alkanes of at least 4 members (excludes halogenated alkanes) is 4. The van der Waals surface area contributed by atoms with Gasteiger partial charge in [0.25, 0.3) is 0 Å². The molecule has 0 spiro atoms. The highest BCUT2D eigenvalue weighted by atomic mass is 16.2. The summed E-state index contributed by atoms with van der Waals surface area (Å²) in [5, 5.41) is 0. The summed E-state index contributed by atoms with van der Waals surface area (Å²) in [6, 6.07) is 9.09. The number of carbonyl (C=O) groups is 1.